The minimum Gasteiger partial charge on any atom is -0.465 e. The molecule has 1 aliphatic rings. The molecule has 0 aromatic heterocycles. The molecule has 9 heteroatoms. The summed E-state index contributed by atoms with van der Waals surface area (Å²) in [6.07, 6.45) is 1.14. The lowest BCUT2D eigenvalue weighted by Gasteiger charge is -2.31. The maximum absolute atomic E-state index is 12.7. The number of hydrogen-bond donors (Lipinski definition) is 1. The number of halogens is 1. The number of sulfonamides is 1. The van der Waals surface area contributed by atoms with Gasteiger partial charge in [-0.05, 0) is 44.0 Å². The second kappa shape index (κ2) is 8.64. The molecule has 2 rings (SSSR count). The fraction of sp³-hybridized carbons (Fsp3) is 0.500. The molecule has 1 saturated heterocycles. The Balaban J connectivity index is 2.01. The van der Waals surface area contributed by atoms with Gasteiger partial charge >= 0.3 is 5.97 Å². The smallest absolute Gasteiger partial charge is 0.325 e. The van der Waals surface area contributed by atoms with Gasteiger partial charge in [-0.1, -0.05) is 11.6 Å². The van der Waals surface area contributed by atoms with Crippen LogP contribution in [0.1, 0.15) is 19.8 Å². The normalized spacial score (nSPS) is 18.6. The lowest BCUT2D eigenvalue weighted by Crippen LogP contribution is -2.46. The second-order valence-electron chi connectivity index (χ2n) is 5.68. The summed E-state index contributed by atoms with van der Waals surface area (Å²) in [6.45, 7) is 2.14. The number of nitrogens with zero attached hydrogens (tertiary/aromatic N) is 1. The number of esters is 1. The van der Waals surface area contributed by atoms with E-state index in [2.05, 4.69) is 5.32 Å². The molecule has 1 heterocycles. The number of rotatable bonds is 6. The molecule has 7 nitrogen and oxygen atoms in total. The molecular weight excluding hydrogens is 368 g/mol. The van der Waals surface area contributed by atoms with Gasteiger partial charge < -0.3 is 10.1 Å². The maximum atomic E-state index is 12.7. The Kier molecular flexibility index (Phi) is 6.80. The summed E-state index contributed by atoms with van der Waals surface area (Å²) < 4.78 is 31.4. The average molecular weight is 389 g/mol. The Hall–Kier alpha value is -1.64. The minimum absolute atomic E-state index is 0.0830. The van der Waals surface area contributed by atoms with Gasteiger partial charge in [0.1, 0.15) is 6.54 Å². The number of hydrogen-bond acceptors (Lipinski definition) is 5. The first-order valence-corrected chi connectivity index (χ1v) is 9.85. The first-order valence-electron chi connectivity index (χ1n) is 8.03. The van der Waals surface area contributed by atoms with Crippen LogP contribution in [-0.2, 0) is 24.3 Å². The SMILES string of the molecule is CCOC(=O)CNC(=O)[C@H]1CCCN(S(=O)(=O)c2ccc(Cl)cc2)C1. The van der Waals surface area contributed by atoms with Gasteiger partial charge in [0, 0.05) is 18.1 Å². The molecule has 1 atom stereocenters. The van der Waals surface area contributed by atoms with Crippen molar-refractivity contribution in [3.05, 3.63) is 29.3 Å². The van der Waals surface area contributed by atoms with Gasteiger partial charge in [0.2, 0.25) is 15.9 Å². The summed E-state index contributed by atoms with van der Waals surface area (Å²) in [6, 6.07) is 5.92. The predicted molar refractivity (Wildman–Crippen MR) is 92.6 cm³/mol. The molecule has 1 fully saturated rings. The lowest BCUT2D eigenvalue weighted by molar-refractivity contribution is -0.144. The Morgan fingerprint density at radius 1 is 1.32 bits per heavy atom. The van der Waals surface area contributed by atoms with E-state index in [1.807, 2.05) is 0 Å². The quantitative estimate of drug-likeness (QED) is 0.744. The molecule has 0 bridgehead atoms. The predicted octanol–water partition coefficient (Wildman–Crippen LogP) is 1.42. The van der Waals surface area contributed by atoms with Crippen LogP contribution in [0.5, 0.6) is 0 Å². The largest absolute Gasteiger partial charge is 0.465 e. The fourth-order valence-electron chi connectivity index (χ4n) is 2.65. The molecule has 0 spiro atoms. The van der Waals surface area contributed by atoms with Crippen molar-refractivity contribution >= 4 is 33.5 Å². The van der Waals surface area contributed by atoms with Crippen LogP contribution < -0.4 is 5.32 Å². The summed E-state index contributed by atoms with van der Waals surface area (Å²) in [7, 11) is -3.68. The van der Waals surface area contributed by atoms with Gasteiger partial charge in [-0.25, -0.2) is 8.42 Å². The van der Waals surface area contributed by atoms with Crippen molar-refractivity contribution in [1.82, 2.24) is 9.62 Å². The van der Waals surface area contributed by atoms with Crippen molar-refractivity contribution in [2.45, 2.75) is 24.7 Å². The van der Waals surface area contributed by atoms with Crippen molar-refractivity contribution in [3.63, 3.8) is 0 Å². The van der Waals surface area contributed by atoms with E-state index in [9.17, 15) is 18.0 Å². The van der Waals surface area contributed by atoms with Crippen molar-refractivity contribution in [3.8, 4) is 0 Å². The van der Waals surface area contributed by atoms with Crippen LogP contribution in [0.25, 0.3) is 0 Å². The molecule has 25 heavy (non-hydrogen) atoms. The third-order valence-electron chi connectivity index (χ3n) is 3.92. The van der Waals surface area contributed by atoms with E-state index in [1.165, 1.54) is 28.6 Å². The number of nitrogens with one attached hydrogen (secondary N) is 1. The molecule has 1 aromatic rings. The first kappa shape index (κ1) is 19.7. The summed E-state index contributed by atoms with van der Waals surface area (Å²) in [5.41, 5.74) is 0. The fourth-order valence-corrected chi connectivity index (χ4v) is 4.30. The third kappa shape index (κ3) is 5.17. The lowest BCUT2D eigenvalue weighted by atomic mass is 9.99. The average Bonchev–Trinajstić information content (AvgIpc) is 2.60. The van der Waals surface area contributed by atoms with Crippen LogP contribution in [-0.4, -0.2) is 50.8 Å². The number of piperidine rings is 1. The number of carbonyl (C=O) groups excluding carboxylic acids is 2. The van der Waals surface area contributed by atoms with Crippen LogP contribution >= 0.6 is 11.6 Å². The highest BCUT2D eigenvalue weighted by atomic mass is 35.5. The maximum Gasteiger partial charge on any atom is 0.325 e. The van der Waals surface area contributed by atoms with E-state index in [0.29, 0.717) is 24.4 Å². The van der Waals surface area contributed by atoms with Crippen LogP contribution in [0.3, 0.4) is 0 Å². The molecule has 0 aliphatic carbocycles. The Labute approximate surface area is 152 Å². The van der Waals surface area contributed by atoms with Gasteiger partial charge in [-0.15, -0.1) is 0 Å². The molecule has 0 saturated carbocycles. The van der Waals surface area contributed by atoms with E-state index in [0.717, 1.165) is 0 Å². The highest BCUT2D eigenvalue weighted by Gasteiger charge is 2.33. The molecule has 138 valence electrons. The van der Waals surface area contributed by atoms with Crippen molar-refractivity contribution in [1.29, 1.82) is 0 Å². The standard InChI is InChI=1S/C16H21ClN2O5S/c1-2-24-15(20)10-18-16(21)12-4-3-9-19(11-12)25(22,23)14-7-5-13(17)6-8-14/h5-8,12H,2-4,9-11H2,1H3,(H,18,21)/t12-/m0/s1. The second-order valence-corrected chi connectivity index (χ2v) is 8.05. The molecule has 1 amide bonds. The van der Waals surface area contributed by atoms with Crippen LogP contribution in [0.2, 0.25) is 5.02 Å². The van der Waals surface area contributed by atoms with Gasteiger partial charge in [0.15, 0.2) is 0 Å². The van der Waals surface area contributed by atoms with Crippen LogP contribution in [0.4, 0.5) is 0 Å². The van der Waals surface area contributed by atoms with Gasteiger partial charge in [-0.2, -0.15) is 4.31 Å². The van der Waals surface area contributed by atoms with E-state index in [-0.39, 0.29) is 30.5 Å². The van der Waals surface area contributed by atoms with Gasteiger partial charge in [0.05, 0.1) is 17.4 Å². The van der Waals surface area contributed by atoms with Crippen molar-refractivity contribution < 1.29 is 22.7 Å². The zero-order chi connectivity index (χ0) is 18.4. The Bertz CT molecular complexity index is 721. The zero-order valence-electron chi connectivity index (χ0n) is 13.9. The van der Waals surface area contributed by atoms with Crippen LogP contribution in [0, 0.1) is 5.92 Å². The third-order valence-corrected chi connectivity index (χ3v) is 6.05. The van der Waals surface area contributed by atoms with Crippen molar-refractivity contribution in [2.75, 3.05) is 26.2 Å². The molecule has 1 N–H and O–H groups in total. The molecular formula is C16H21ClN2O5S. The number of carbonyl (C=O) groups is 2. The first-order chi connectivity index (χ1) is 11.8. The number of benzene rings is 1. The highest BCUT2D eigenvalue weighted by Crippen LogP contribution is 2.24. The monoisotopic (exact) mass is 388 g/mol. The van der Waals surface area contributed by atoms with Gasteiger partial charge in [-0.3, -0.25) is 9.59 Å². The van der Waals surface area contributed by atoms with Gasteiger partial charge in [0.25, 0.3) is 0 Å². The zero-order valence-corrected chi connectivity index (χ0v) is 15.5. The summed E-state index contributed by atoms with van der Waals surface area (Å²) in [5, 5.41) is 2.96. The molecule has 1 aliphatic heterocycles. The Morgan fingerprint density at radius 2 is 2.00 bits per heavy atom. The Morgan fingerprint density at radius 3 is 2.64 bits per heavy atom. The minimum atomic E-state index is -3.68. The topological polar surface area (TPSA) is 92.8 Å². The summed E-state index contributed by atoms with van der Waals surface area (Å²) >= 11 is 5.80. The highest BCUT2D eigenvalue weighted by molar-refractivity contribution is 7.89. The summed E-state index contributed by atoms with van der Waals surface area (Å²) in [4.78, 5) is 23.7. The number of amides is 1. The van der Waals surface area contributed by atoms with Crippen molar-refractivity contribution in [2.24, 2.45) is 5.92 Å². The van der Waals surface area contributed by atoms with E-state index in [1.54, 1.807) is 6.92 Å². The molecule has 0 radical (unpaired) electrons. The summed E-state index contributed by atoms with van der Waals surface area (Å²) in [5.74, 6) is -1.35. The van der Waals surface area contributed by atoms with E-state index < -0.39 is 21.9 Å². The molecule has 0 unspecified atom stereocenters. The van der Waals surface area contributed by atoms with Crippen LogP contribution in [0.15, 0.2) is 29.2 Å². The van der Waals surface area contributed by atoms with E-state index in [4.69, 9.17) is 16.3 Å². The van der Waals surface area contributed by atoms with E-state index >= 15 is 0 Å². The number of ether oxygens (including phenoxy) is 1. The molecule has 1 aromatic carbocycles.